The van der Waals surface area contributed by atoms with Crippen molar-refractivity contribution in [2.24, 2.45) is 10.7 Å². The monoisotopic (exact) mass is 271 g/mol. The van der Waals surface area contributed by atoms with Crippen molar-refractivity contribution in [3.05, 3.63) is 0 Å². The Kier molecular flexibility index (Phi) is 4.54. The SMILES string of the molecule is CC(O)(CN=C(N)N1CCSCC1)C(F)(F)F. The van der Waals surface area contributed by atoms with Gasteiger partial charge in [-0.05, 0) is 6.92 Å². The maximum absolute atomic E-state index is 12.3. The highest BCUT2D eigenvalue weighted by atomic mass is 32.2. The van der Waals surface area contributed by atoms with Gasteiger partial charge in [0.05, 0.1) is 6.54 Å². The topological polar surface area (TPSA) is 61.9 Å². The lowest BCUT2D eigenvalue weighted by Crippen LogP contribution is -2.47. The van der Waals surface area contributed by atoms with Gasteiger partial charge in [-0.1, -0.05) is 0 Å². The molecule has 1 aliphatic rings. The number of rotatable bonds is 2. The summed E-state index contributed by atoms with van der Waals surface area (Å²) < 4.78 is 37.0. The minimum absolute atomic E-state index is 0.0647. The molecule has 0 radical (unpaired) electrons. The third-order valence-corrected chi connectivity index (χ3v) is 3.44. The molecule has 0 aliphatic carbocycles. The van der Waals surface area contributed by atoms with Gasteiger partial charge in [0.25, 0.3) is 0 Å². The van der Waals surface area contributed by atoms with E-state index in [4.69, 9.17) is 5.73 Å². The van der Waals surface area contributed by atoms with Crippen LogP contribution in [-0.2, 0) is 0 Å². The van der Waals surface area contributed by atoms with Crippen molar-refractivity contribution in [2.75, 3.05) is 31.1 Å². The zero-order chi connectivity index (χ0) is 13.1. The number of nitrogens with two attached hydrogens (primary N) is 1. The van der Waals surface area contributed by atoms with E-state index in [1.807, 2.05) is 0 Å². The smallest absolute Gasteiger partial charge is 0.379 e. The fourth-order valence-electron chi connectivity index (χ4n) is 1.22. The van der Waals surface area contributed by atoms with Crippen molar-refractivity contribution >= 4 is 17.7 Å². The summed E-state index contributed by atoms with van der Waals surface area (Å²) in [6.45, 7) is 1.27. The third kappa shape index (κ3) is 3.95. The van der Waals surface area contributed by atoms with Crippen LogP contribution in [0.15, 0.2) is 4.99 Å². The summed E-state index contributed by atoms with van der Waals surface area (Å²) in [5.74, 6) is 1.83. The molecule has 100 valence electrons. The summed E-state index contributed by atoms with van der Waals surface area (Å²) in [5, 5.41) is 9.19. The molecule has 1 saturated heterocycles. The van der Waals surface area contributed by atoms with Gasteiger partial charge in [0.15, 0.2) is 11.6 Å². The molecule has 0 amide bonds. The van der Waals surface area contributed by atoms with Crippen LogP contribution in [0.5, 0.6) is 0 Å². The maximum Gasteiger partial charge on any atom is 0.418 e. The lowest BCUT2D eigenvalue weighted by atomic mass is 10.1. The number of alkyl halides is 3. The number of thioether (sulfide) groups is 1. The lowest BCUT2D eigenvalue weighted by Gasteiger charge is -2.29. The van der Waals surface area contributed by atoms with Gasteiger partial charge in [-0.15, -0.1) is 0 Å². The Bertz CT molecular complexity index is 288. The van der Waals surface area contributed by atoms with E-state index in [1.165, 1.54) is 0 Å². The summed E-state index contributed by atoms with van der Waals surface area (Å²) in [7, 11) is 0. The number of halogens is 3. The quantitative estimate of drug-likeness (QED) is 0.572. The second-order valence-electron chi connectivity index (χ2n) is 4.05. The summed E-state index contributed by atoms with van der Waals surface area (Å²) in [5.41, 5.74) is 2.76. The molecule has 0 aromatic carbocycles. The highest BCUT2D eigenvalue weighted by Gasteiger charge is 2.49. The predicted molar refractivity (Wildman–Crippen MR) is 62.1 cm³/mol. The van der Waals surface area contributed by atoms with Crippen molar-refractivity contribution in [3.8, 4) is 0 Å². The molecule has 0 saturated carbocycles. The molecule has 8 heteroatoms. The lowest BCUT2D eigenvalue weighted by molar-refractivity contribution is -0.248. The second kappa shape index (κ2) is 5.34. The number of hydrogen-bond donors (Lipinski definition) is 2. The van der Waals surface area contributed by atoms with Crippen molar-refractivity contribution in [1.82, 2.24) is 4.90 Å². The van der Waals surface area contributed by atoms with Gasteiger partial charge in [-0.25, -0.2) is 4.99 Å². The Morgan fingerprint density at radius 3 is 2.41 bits per heavy atom. The van der Waals surface area contributed by atoms with Crippen LogP contribution >= 0.6 is 11.8 Å². The summed E-state index contributed by atoms with van der Waals surface area (Å²) >= 11 is 1.76. The average Bonchev–Trinajstić information content (AvgIpc) is 2.25. The fraction of sp³-hybridized carbons (Fsp3) is 0.889. The first-order valence-corrected chi connectivity index (χ1v) is 6.31. The van der Waals surface area contributed by atoms with Crippen molar-refractivity contribution in [1.29, 1.82) is 0 Å². The van der Waals surface area contributed by atoms with Gasteiger partial charge in [-0.2, -0.15) is 24.9 Å². The largest absolute Gasteiger partial charge is 0.418 e. The van der Waals surface area contributed by atoms with E-state index >= 15 is 0 Å². The summed E-state index contributed by atoms with van der Waals surface area (Å²) in [6.07, 6.45) is -4.70. The highest BCUT2D eigenvalue weighted by molar-refractivity contribution is 7.99. The Balaban J connectivity index is 2.57. The number of guanidine groups is 1. The Labute approximate surface area is 102 Å². The van der Waals surface area contributed by atoms with Crippen LogP contribution in [0.1, 0.15) is 6.92 Å². The molecule has 3 N–H and O–H groups in total. The van der Waals surface area contributed by atoms with E-state index in [9.17, 15) is 18.3 Å². The first kappa shape index (κ1) is 14.4. The van der Waals surface area contributed by atoms with Crippen LogP contribution in [0.2, 0.25) is 0 Å². The second-order valence-corrected chi connectivity index (χ2v) is 5.27. The van der Waals surface area contributed by atoms with E-state index in [2.05, 4.69) is 4.99 Å². The zero-order valence-electron chi connectivity index (χ0n) is 9.50. The highest BCUT2D eigenvalue weighted by Crippen LogP contribution is 2.30. The Morgan fingerprint density at radius 1 is 1.41 bits per heavy atom. The van der Waals surface area contributed by atoms with Crippen LogP contribution in [0.25, 0.3) is 0 Å². The first-order chi connectivity index (χ1) is 7.74. The standard InChI is InChI=1S/C9H16F3N3OS/c1-8(16,9(10,11)12)6-14-7(13)15-2-4-17-5-3-15/h16H,2-6H2,1H3,(H2,13,14). The fourth-order valence-corrected chi connectivity index (χ4v) is 2.12. The van der Waals surface area contributed by atoms with Gasteiger partial charge in [0.1, 0.15) is 0 Å². The van der Waals surface area contributed by atoms with E-state index in [1.54, 1.807) is 16.7 Å². The predicted octanol–water partition coefficient (Wildman–Crippen LogP) is 0.663. The van der Waals surface area contributed by atoms with Crippen LogP contribution < -0.4 is 5.73 Å². The van der Waals surface area contributed by atoms with E-state index < -0.39 is 18.3 Å². The molecule has 0 aromatic heterocycles. The minimum atomic E-state index is -4.70. The van der Waals surface area contributed by atoms with Crippen LogP contribution in [0.3, 0.4) is 0 Å². The molecule has 1 rings (SSSR count). The van der Waals surface area contributed by atoms with Crippen molar-refractivity contribution in [2.45, 2.75) is 18.7 Å². The molecule has 1 atom stereocenters. The molecule has 17 heavy (non-hydrogen) atoms. The molecule has 0 aromatic rings. The number of hydrogen-bond acceptors (Lipinski definition) is 3. The van der Waals surface area contributed by atoms with Crippen LogP contribution in [0.4, 0.5) is 13.2 Å². The van der Waals surface area contributed by atoms with Gasteiger partial charge >= 0.3 is 6.18 Å². The van der Waals surface area contributed by atoms with E-state index in [0.29, 0.717) is 20.0 Å². The minimum Gasteiger partial charge on any atom is -0.379 e. The summed E-state index contributed by atoms with van der Waals surface area (Å²) in [6, 6.07) is 0. The van der Waals surface area contributed by atoms with Crippen molar-refractivity contribution < 1.29 is 18.3 Å². The zero-order valence-corrected chi connectivity index (χ0v) is 10.3. The first-order valence-electron chi connectivity index (χ1n) is 5.16. The normalized spacial score (nSPS) is 22.4. The average molecular weight is 271 g/mol. The molecular formula is C9H16F3N3OS. The molecule has 1 unspecified atom stereocenters. The maximum atomic E-state index is 12.3. The van der Waals surface area contributed by atoms with E-state index in [-0.39, 0.29) is 5.96 Å². The van der Waals surface area contributed by atoms with Gasteiger partial charge in [-0.3, -0.25) is 0 Å². The third-order valence-electron chi connectivity index (χ3n) is 2.49. The molecule has 1 fully saturated rings. The number of aliphatic hydroxyl groups is 1. The van der Waals surface area contributed by atoms with E-state index in [0.717, 1.165) is 11.5 Å². The summed E-state index contributed by atoms with van der Waals surface area (Å²) in [4.78, 5) is 5.35. The number of aliphatic imine (C=N–C) groups is 1. The molecule has 4 nitrogen and oxygen atoms in total. The van der Waals surface area contributed by atoms with Crippen LogP contribution in [-0.4, -0.2) is 58.9 Å². The molecular weight excluding hydrogens is 255 g/mol. The molecule has 0 spiro atoms. The molecule has 1 aliphatic heterocycles. The van der Waals surface area contributed by atoms with Crippen molar-refractivity contribution in [3.63, 3.8) is 0 Å². The van der Waals surface area contributed by atoms with Gasteiger partial charge < -0.3 is 15.7 Å². The Morgan fingerprint density at radius 2 is 1.94 bits per heavy atom. The Hall–Kier alpha value is -0.630. The number of nitrogens with zero attached hydrogens (tertiary/aromatic N) is 2. The molecule has 1 heterocycles. The molecule has 0 bridgehead atoms. The van der Waals surface area contributed by atoms with Crippen LogP contribution in [0, 0.1) is 0 Å². The van der Waals surface area contributed by atoms with Gasteiger partial charge in [0, 0.05) is 24.6 Å². The van der Waals surface area contributed by atoms with Gasteiger partial charge in [0.2, 0.25) is 0 Å².